The standard InChI is InChI=1S/C23H30N2O2/c1-17(2)21-11-10-18(3)16-22(21)27-19(4)23(26)25-14-12-24(13-15-25)20-8-6-5-7-9-20/h5-11,16-17,19H,12-15H2,1-4H3. The maximum Gasteiger partial charge on any atom is 0.263 e. The van der Waals surface area contributed by atoms with Crippen LogP contribution in [-0.4, -0.2) is 43.1 Å². The second kappa shape index (κ2) is 8.47. The summed E-state index contributed by atoms with van der Waals surface area (Å²) in [4.78, 5) is 17.1. The van der Waals surface area contributed by atoms with Gasteiger partial charge in [-0.2, -0.15) is 0 Å². The fraction of sp³-hybridized carbons (Fsp3) is 0.435. The molecule has 0 aromatic heterocycles. The van der Waals surface area contributed by atoms with E-state index >= 15 is 0 Å². The lowest BCUT2D eigenvalue weighted by Crippen LogP contribution is -2.52. The van der Waals surface area contributed by atoms with Crippen molar-refractivity contribution in [2.24, 2.45) is 0 Å². The Labute approximate surface area is 162 Å². The Balaban J connectivity index is 1.61. The number of carbonyl (C=O) groups is 1. The summed E-state index contributed by atoms with van der Waals surface area (Å²) in [6.07, 6.45) is -0.479. The number of para-hydroxylation sites is 1. The van der Waals surface area contributed by atoms with Crippen LogP contribution in [0.15, 0.2) is 48.5 Å². The van der Waals surface area contributed by atoms with Crippen molar-refractivity contribution < 1.29 is 9.53 Å². The summed E-state index contributed by atoms with van der Waals surface area (Å²) < 4.78 is 6.11. The van der Waals surface area contributed by atoms with Gasteiger partial charge < -0.3 is 14.5 Å². The maximum atomic E-state index is 12.9. The zero-order chi connectivity index (χ0) is 19.4. The third-order valence-corrected chi connectivity index (χ3v) is 5.16. The highest BCUT2D eigenvalue weighted by molar-refractivity contribution is 5.81. The molecule has 3 rings (SSSR count). The van der Waals surface area contributed by atoms with E-state index in [2.05, 4.69) is 55.1 Å². The van der Waals surface area contributed by atoms with Gasteiger partial charge in [0, 0.05) is 31.9 Å². The minimum Gasteiger partial charge on any atom is -0.481 e. The number of nitrogens with zero attached hydrogens (tertiary/aromatic N) is 2. The van der Waals surface area contributed by atoms with Gasteiger partial charge in [0.2, 0.25) is 0 Å². The SMILES string of the molecule is Cc1ccc(C(C)C)c(OC(C)C(=O)N2CCN(c3ccccc3)CC2)c1. The second-order valence-corrected chi connectivity index (χ2v) is 7.60. The molecule has 1 fully saturated rings. The molecule has 1 heterocycles. The number of hydrogen-bond acceptors (Lipinski definition) is 3. The van der Waals surface area contributed by atoms with Gasteiger partial charge in [-0.3, -0.25) is 4.79 Å². The fourth-order valence-corrected chi connectivity index (χ4v) is 3.54. The van der Waals surface area contributed by atoms with Gasteiger partial charge in [-0.15, -0.1) is 0 Å². The molecule has 1 saturated heterocycles. The lowest BCUT2D eigenvalue weighted by atomic mass is 10.0. The van der Waals surface area contributed by atoms with Gasteiger partial charge in [-0.05, 0) is 49.1 Å². The number of amides is 1. The van der Waals surface area contributed by atoms with Crippen molar-refractivity contribution in [2.75, 3.05) is 31.1 Å². The quantitative estimate of drug-likeness (QED) is 0.794. The normalized spacial score (nSPS) is 15.7. The first-order chi connectivity index (χ1) is 13.0. The summed E-state index contributed by atoms with van der Waals surface area (Å²) in [5.74, 6) is 1.25. The van der Waals surface area contributed by atoms with Crippen molar-refractivity contribution in [2.45, 2.75) is 39.7 Å². The van der Waals surface area contributed by atoms with Crippen LogP contribution in [0.3, 0.4) is 0 Å². The molecular weight excluding hydrogens is 336 g/mol. The number of benzene rings is 2. The lowest BCUT2D eigenvalue weighted by Gasteiger charge is -2.37. The number of anilines is 1. The Kier molecular flexibility index (Phi) is 6.04. The molecule has 1 aliphatic rings. The number of hydrogen-bond donors (Lipinski definition) is 0. The number of piperazine rings is 1. The van der Waals surface area contributed by atoms with Crippen LogP contribution in [0.2, 0.25) is 0 Å². The van der Waals surface area contributed by atoms with E-state index in [-0.39, 0.29) is 5.91 Å². The van der Waals surface area contributed by atoms with Crippen molar-refractivity contribution >= 4 is 11.6 Å². The topological polar surface area (TPSA) is 32.8 Å². The van der Waals surface area contributed by atoms with Gasteiger partial charge >= 0.3 is 0 Å². The van der Waals surface area contributed by atoms with Crippen LogP contribution in [0.4, 0.5) is 5.69 Å². The Hall–Kier alpha value is -2.49. The van der Waals surface area contributed by atoms with Crippen LogP contribution in [0.1, 0.15) is 37.8 Å². The van der Waals surface area contributed by atoms with Crippen molar-refractivity contribution in [1.29, 1.82) is 0 Å². The first kappa shape index (κ1) is 19.3. The first-order valence-electron chi connectivity index (χ1n) is 9.81. The summed E-state index contributed by atoms with van der Waals surface area (Å²) >= 11 is 0. The highest BCUT2D eigenvalue weighted by atomic mass is 16.5. The van der Waals surface area contributed by atoms with Crippen LogP contribution >= 0.6 is 0 Å². The minimum atomic E-state index is -0.479. The van der Waals surface area contributed by atoms with E-state index in [1.807, 2.05) is 30.9 Å². The summed E-state index contributed by atoms with van der Waals surface area (Å²) in [6.45, 7) is 11.4. The van der Waals surface area contributed by atoms with Gasteiger partial charge in [-0.25, -0.2) is 0 Å². The predicted octanol–water partition coefficient (Wildman–Crippen LogP) is 4.23. The molecule has 0 bridgehead atoms. The number of carbonyl (C=O) groups excluding carboxylic acids is 1. The third kappa shape index (κ3) is 4.62. The summed E-state index contributed by atoms with van der Waals surface area (Å²) in [5, 5.41) is 0. The van der Waals surface area contributed by atoms with E-state index in [4.69, 9.17) is 4.74 Å². The summed E-state index contributed by atoms with van der Waals surface area (Å²) in [7, 11) is 0. The number of aryl methyl sites for hydroxylation is 1. The monoisotopic (exact) mass is 366 g/mol. The number of ether oxygens (including phenoxy) is 1. The molecule has 1 unspecified atom stereocenters. The van der Waals surface area contributed by atoms with E-state index in [1.54, 1.807) is 0 Å². The molecule has 144 valence electrons. The Morgan fingerprint density at radius 3 is 2.26 bits per heavy atom. The highest BCUT2D eigenvalue weighted by Crippen LogP contribution is 2.28. The van der Waals surface area contributed by atoms with Crippen molar-refractivity contribution in [3.8, 4) is 5.75 Å². The van der Waals surface area contributed by atoms with E-state index in [0.717, 1.165) is 43.1 Å². The summed E-state index contributed by atoms with van der Waals surface area (Å²) in [6, 6.07) is 16.6. The molecule has 1 aliphatic heterocycles. The maximum absolute atomic E-state index is 12.9. The lowest BCUT2D eigenvalue weighted by molar-refractivity contribution is -0.138. The van der Waals surface area contributed by atoms with Crippen molar-refractivity contribution in [3.05, 3.63) is 59.7 Å². The first-order valence-corrected chi connectivity index (χ1v) is 9.81. The third-order valence-electron chi connectivity index (χ3n) is 5.16. The molecule has 0 aliphatic carbocycles. The van der Waals surface area contributed by atoms with E-state index in [0.29, 0.717) is 5.92 Å². The van der Waals surface area contributed by atoms with E-state index < -0.39 is 6.10 Å². The van der Waals surface area contributed by atoms with Gasteiger partial charge in [0.25, 0.3) is 5.91 Å². The molecule has 2 aromatic carbocycles. The second-order valence-electron chi connectivity index (χ2n) is 7.60. The molecule has 4 heteroatoms. The molecule has 2 aromatic rings. The van der Waals surface area contributed by atoms with Gasteiger partial charge in [-0.1, -0.05) is 44.2 Å². The molecule has 0 spiro atoms. The Morgan fingerprint density at radius 2 is 1.63 bits per heavy atom. The molecular formula is C23H30N2O2. The van der Waals surface area contributed by atoms with E-state index in [9.17, 15) is 4.79 Å². The molecule has 4 nitrogen and oxygen atoms in total. The Morgan fingerprint density at radius 1 is 0.963 bits per heavy atom. The van der Waals surface area contributed by atoms with Gasteiger partial charge in [0.1, 0.15) is 5.75 Å². The van der Waals surface area contributed by atoms with Crippen LogP contribution in [0, 0.1) is 6.92 Å². The molecule has 0 N–H and O–H groups in total. The smallest absolute Gasteiger partial charge is 0.263 e. The molecule has 0 radical (unpaired) electrons. The highest BCUT2D eigenvalue weighted by Gasteiger charge is 2.26. The summed E-state index contributed by atoms with van der Waals surface area (Å²) in [5.41, 5.74) is 3.51. The van der Waals surface area contributed by atoms with Gasteiger partial charge in [0.15, 0.2) is 6.10 Å². The predicted molar refractivity (Wildman–Crippen MR) is 111 cm³/mol. The Bertz CT molecular complexity index is 765. The molecule has 27 heavy (non-hydrogen) atoms. The zero-order valence-corrected chi connectivity index (χ0v) is 16.8. The average molecular weight is 367 g/mol. The van der Waals surface area contributed by atoms with Crippen molar-refractivity contribution in [3.63, 3.8) is 0 Å². The minimum absolute atomic E-state index is 0.0684. The molecule has 1 atom stereocenters. The van der Waals surface area contributed by atoms with Crippen LogP contribution in [0.25, 0.3) is 0 Å². The van der Waals surface area contributed by atoms with Crippen molar-refractivity contribution in [1.82, 2.24) is 4.90 Å². The van der Waals surface area contributed by atoms with E-state index in [1.165, 1.54) is 5.69 Å². The largest absolute Gasteiger partial charge is 0.481 e. The zero-order valence-electron chi connectivity index (χ0n) is 16.8. The average Bonchev–Trinajstić information content (AvgIpc) is 2.68. The molecule has 0 saturated carbocycles. The van der Waals surface area contributed by atoms with Crippen LogP contribution in [0.5, 0.6) is 5.75 Å². The number of rotatable bonds is 5. The molecule has 1 amide bonds. The fourth-order valence-electron chi connectivity index (χ4n) is 3.54. The van der Waals surface area contributed by atoms with Crippen LogP contribution < -0.4 is 9.64 Å². The van der Waals surface area contributed by atoms with Crippen LogP contribution in [-0.2, 0) is 4.79 Å². The van der Waals surface area contributed by atoms with Gasteiger partial charge in [0.05, 0.1) is 0 Å².